The highest BCUT2D eigenvalue weighted by molar-refractivity contribution is 5.61. The summed E-state index contributed by atoms with van der Waals surface area (Å²) in [6, 6.07) is 21.6. The molecule has 2 aromatic carbocycles. The van der Waals surface area contributed by atoms with E-state index in [2.05, 4.69) is 16.7 Å². The molecular weight excluding hydrogens is 450 g/mol. The number of nitrogens with zero attached hydrogens (tertiary/aromatic N) is 7. The Morgan fingerprint density at radius 3 is 2.14 bits per heavy atom. The van der Waals surface area contributed by atoms with Crippen molar-refractivity contribution in [3.63, 3.8) is 0 Å². The van der Waals surface area contributed by atoms with E-state index in [1.54, 1.807) is 23.3 Å². The van der Waals surface area contributed by atoms with Crippen molar-refractivity contribution in [3.8, 4) is 40.4 Å². The first kappa shape index (κ1) is 22.9. The Bertz CT molecular complexity index is 1430. The molecular formula is C28H25N7O. The van der Waals surface area contributed by atoms with Gasteiger partial charge in [0.1, 0.15) is 6.33 Å². The summed E-state index contributed by atoms with van der Waals surface area (Å²) in [6.07, 6.45) is 9.67. The third-order valence-electron chi connectivity index (χ3n) is 5.47. The van der Waals surface area contributed by atoms with Gasteiger partial charge in [-0.1, -0.05) is 85.5 Å². The average molecular weight is 476 g/mol. The quantitative estimate of drug-likeness (QED) is 0.330. The molecule has 8 heteroatoms. The van der Waals surface area contributed by atoms with Crippen molar-refractivity contribution in [2.24, 2.45) is 0 Å². The Hall–Kier alpha value is -4.85. The van der Waals surface area contributed by atoms with Gasteiger partial charge in [-0.3, -0.25) is 4.57 Å². The molecule has 0 spiro atoms. The molecule has 0 amide bonds. The lowest BCUT2D eigenvalue weighted by Gasteiger charge is -2.10. The fraction of sp³-hybridized carbons (Fsp3) is 0.107. The molecule has 0 fully saturated rings. The maximum Gasteiger partial charge on any atom is 0.239 e. The summed E-state index contributed by atoms with van der Waals surface area (Å²) in [5.74, 6) is 3.13. The Labute approximate surface area is 209 Å². The zero-order valence-electron chi connectivity index (χ0n) is 19.9. The fourth-order valence-electron chi connectivity index (χ4n) is 3.80. The molecule has 0 saturated heterocycles. The standard InChI is InChI=1S/C23H17N7O.C5H8/c1-3-7-16(8-4-1)20-26-21(17-9-5-2-6-10-17)28-23(27-20)29-15-24-22-18(29)12-14-31-19-11-13-25-30(19)22;1-3-5-4-2/h1-11,13,15H,12,14H2;3-5H,1H2,2H3/b;5-4-. The second-order valence-corrected chi connectivity index (χ2v) is 7.84. The minimum absolute atomic E-state index is 0.511. The Balaban J connectivity index is 0.000000489. The number of hydrogen-bond donors (Lipinski definition) is 0. The molecule has 0 radical (unpaired) electrons. The third-order valence-corrected chi connectivity index (χ3v) is 5.47. The van der Waals surface area contributed by atoms with Crippen LogP contribution < -0.4 is 4.74 Å². The van der Waals surface area contributed by atoms with E-state index in [4.69, 9.17) is 19.7 Å². The lowest BCUT2D eigenvalue weighted by atomic mass is 10.2. The highest BCUT2D eigenvalue weighted by Crippen LogP contribution is 2.26. The van der Waals surface area contributed by atoms with E-state index < -0.39 is 0 Å². The van der Waals surface area contributed by atoms with Gasteiger partial charge in [0.15, 0.2) is 17.5 Å². The first-order chi connectivity index (χ1) is 17.8. The summed E-state index contributed by atoms with van der Waals surface area (Å²) in [7, 11) is 0. The lowest BCUT2D eigenvalue weighted by Crippen LogP contribution is -2.10. The number of aromatic nitrogens is 7. The van der Waals surface area contributed by atoms with Gasteiger partial charge in [-0.05, 0) is 6.92 Å². The van der Waals surface area contributed by atoms with Gasteiger partial charge >= 0.3 is 0 Å². The molecule has 0 unspecified atom stereocenters. The van der Waals surface area contributed by atoms with Gasteiger partial charge in [0.05, 0.1) is 18.5 Å². The molecule has 5 aromatic rings. The highest BCUT2D eigenvalue weighted by atomic mass is 16.5. The number of benzene rings is 2. The summed E-state index contributed by atoms with van der Waals surface area (Å²) >= 11 is 0. The zero-order valence-corrected chi connectivity index (χ0v) is 19.9. The molecule has 1 aliphatic heterocycles. The topological polar surface area (TPSA) is 83.5 Å². The summed E-state index contributed by atoms with van der Waals surface area (Å²) in [5, 5.41) is 4.36. The minimum atomic E-state index is 0.511. The number of ether oxygens (including phenoxy) is 1. The summed E-state index contributed by atoms with van der Waals surface area (Å²) in [5.41, 5.74) is 2.78. The van der Waals surface area contributed by atoms with E-state index in [1.807, 2.05) is 90.4 Å². The van der Waals surface area contributed by atoms with Crippen molar-refractivity contribution in [1.29, 1.82) is 0 Å². The molecule has 0 N–H and O–H groups in total. The second-order valence-electron chi connectivity index (χ2n) is 7.84. The molecule has 178 valence electrons. The normalized spacial score (nSPS) is 12.0. The molecule has 0 saturated carbocycles. The van der Waals surface area contributed by atoms with Gasteiger partial charge in [-0.2, -0.15) is 19.7 Å². The van der Waals surface area contributed by atoms with E-state index in [0.29, 0.717) is 36.5 Å². The van der Waals surface area contributed by atoms with Crippen LogP contribution in [0.4, 0.5) is 0 Å². The van der Waals surface area contributed by atoms with Crippen LogP contribution in [0.15, 0.2) is 104 Å². The largest absolute Gasteiger partial charge is 0.477 e. The minimum Gasteiger partial charge on any atom is -0.477 e. The third kappa shape index (κ3) is 4.69. The van der Waals surface area contributed by atoms with Crippen LogP contribution >= 0.6 is 0 Å². The van der Waals surface area contributed by atoms with Crippen LogP contribution in [0.3, 0.4) is 0 Å². The van der Waals surface area contributed by atoms with Crippen molar-refractivity contribution >= 4 is 0 Å². The predicted octanol–water partition coefficient (Wildman–Crippen LogP) is 5.26. The Kier molecular flexibility index (Phi) is 6.75. The lowest BCUT2D eigenvalue weighted by molar-refractivity contribution is 0.306. The molecule has 0 aliphatic carbocycles. The van der Waals surface area contributed by atoms with E-state index in [1.165, 1.54) is 0 Å². The predicted molar refractivity (Wildman–Crippen MR) is 139 cm³/mol. The van der Waals surface area contributed by atoms with Crippen molar-refractivity contribution in [1.82, 2.24) is 34.3 Å². The van der Waals surface area contributed by atoms with Crippen LogP contribution in [0, 0.1) is 0 Å². The number of hydrogen-bond acceptors (Lipinski definition) is 6. The van der Waals surface area contributed by atoms with E-state index in [9.17, 15) is 0 Å². The summed E-state index contributed by atoms with van der Waals surface area (Å²) in [6.45, 7) is 5.94. The van der Waals surface area contributed by atoms with Crippen molar-refractivity contribution in [3.05, 3.63) is 110 Å². The average Bonchev–Trinajstić information content (AvgIpc) is 3.54. The van der Waals surface area contributed by atoms with E-state index in [-0.39, 0.29) is 0 Å². The number of rotatable bonds is 4. The van der Waals surface area contributed by atoms with Crippen molar-refractivity contribution in [2.45, 2.75) is 13.3 Å². The zero-order chi connectivity index (χ0) is 24.7. The van der Waals surface area contributed by atoms with E-state index in [0.717, 1.165) is 22.6 Å². The monoisotopic (exact) mass is 475 g/mol. The molecule has 0 atom stereocenters. The Morgan fingerprint density at radius 1 is 0.889 bits per heavy atom. The Morgan fingerprint density at radius 2 is 1.56 bits per heavy atom. The smallest absolute Gasteiger partial charge is 0.239 e. The van der Waals surface area contributed by atoms with Gasteiger partial charge in [0.25, 0.3) is 0 Å². The van der Waals surface area contributed by atoms with Crippen LogP contribution in [0.5, 0.6) is 5.88 Å². The van der Waals surface area contributed by atoms with Crippen LogP contribution in [-0.2, 0) is 6.42 Å². The first-order valence-electron chi connectivity index (χ1n) is 11.6. The van der Waals surface area contributed by atoms with Crippen LogP contribution in [0.2, 0.25) is 0 Å². The van der Waals surface area contributed by atoms with Crippen LogP contribution in [0.25, 0.3) is 34.5 Å². The van der Waals surface area contributed by atoms with Gasteiger partial charge in [-0.15, -0.1) is 0 Å². The van der Waals surface area contributed by atoms with Gasteiger partial charge in [0, 0.05) is 23.6 Å². The van der Waals surface area contributed by atoms with Crippen LogP contribution in [-0.4, -0.2) is 40.9 Å². The molecule has 0 bridgehead atoms. The van der Waals surface area contributed by atoms with Gasteiger partial charge < -0.3 is 4.74 Å². The molecule has 36 heavy (non-hydrogen) atoms. The van der Waals surface area contributed by atoms with Crippen molar-refractivity contribution < 1.29 is 4.74 Å². The number of allylic oxidation sites excluding steroid dienone is 3. The molecule has 4 heterocycles. The van der Waals surface area contributed by atoms with Gasteiger partial charge in [0.2, 0.25) is 11.8 Å². The SMILES string of the molecule is C=C/C=C\C.c1ccc(-c2nc(-c3ccccc3)nc(-n3cnc4c3CCOc3ccnn3-4)n2)cc1. The highest BCUT2D eigenvalue weighted by Gasteiger charge is 2.23. The maximum absolute atomic E-state index is 5.80. The second kappa shape index (κ2) is 10.6. The fourth-order valence-corrected chi connectivity index (χ4v) is 3.80. The first-order valence-corrected chi connectivity index (χ1v) is 11.6. The number of fused-ring (bicyclic) bond motifs is 3. The van der Waals surface area contributed by atoms with Crippen LogP contribution in [0.1, 0.15) is 12.6 Å². The molecule has 3 aromatic heterocycles. The van der Waals surface area contributed by atoms with Crippen molar-refractivity contribution in [2.75, 3.05) is 6.61 Å². The molecule has 1 aliphatic rings. The summed E-state index contributed by atoms with van der Waals surface area (Å²) < 4.78 is 9.40. The van der Waals surface area contributed by atoms with E-state index >= 15 is 0 Å². The number of imidazole rings is 1. The summed E-state index contributed by atoms with van der Waals surface area (Å²) in [4.78, 5) is 18.9. The molecule has 8 nitrogen and oxygen atoms in total. The molecule has 6 rings (SSSR count). The van der Waals surface area contributed by atoms with Gasteiger partial charge in [-0.25, -0.2) is 9.97 Å². The maximum atomic E-state index is 5.80.